The molecule has 0 saturated carbocycles. The fraction of sp³-hybridized carbons (Fsp3) is 0.750. The van der Waals surface area contributed by atoms with E-state index in [9.17, 15) is 0 Å². The normalized spacial score (nSPS) is 11.7. The number of hydrogen-bond donors (Lipinski definition) is 1. The molecule has 0 spiro atoms. The summed E-state index contributed by atoms with van der Waals surface area (Å²) in [6, 6.07) is 0. The first kappa shape index (κ1) is 12.2. The lowest BCUT2D eigenvalue weighted by Gasteiger charge is -2.13. The Balaban J connectivity index is 2.82. The zero-order valence-electron chi connectivity index (χ0n) is 10.3. The van der Waals surface area contributed by atoms with Crippen LogP contribution in [-0.2, 0) is 13.1 Å². The van der Waals surface area contributed by atoms with Crippen molar-refractivity contribution in [1.29, 1.82) is 0 Å². The Morgan fingerprint density at radius 2 is 2.00 bits per heavy atom. The smallest absolute Gasteiger partial charge is 0.0537 e. The largest absolute Gasteiger partial charge is 0.326 e. The van der Waals surface area contributed by atoms with Crippen LogP contribution in [0.4, 0.5) is 0 Å². The third-order valence-corrected chi connectivity index (χ3v) is 2.65. The van der Waals surface area contributed by atoms with Crippen LogP contribution in [0.25, 0.3) is 0 Å². The highest BCUT2D eigenvalue weighted by molar-refractivity contribution is 5.20. The molecule has 0 radical (unpaired) electrons. The molecule has 1 aromatic rings. The molecule has 0 atom stereocenters. The molecule has 1 aromatic heterocycles. The minimum atomic E-state index is 0.498. The monoisotopic (exact) mass is 209 g/mol. The molecule has 0 saturated heterocycles. The first-order chi connectivity index (χ1) is 7.06. The van der Waals surface area contributed by atoms with E-state index in [-0.39, 0.29) is 0 Å². The standard InChI is InChI=1S/C12H23N3/c1-9(2)5-6-15-12(10(3)4)11(7-13)8-14-15/h8-10H,5-7,13H2,1-4H3. The summed E-state index contributed by atoms with van der Waals surface area (Å²) >= 11 is 0. The fourth-order valence-corrected chi connectivity index (χ4v) is 1.82. The third kappa shape index (κ3) is 3.06. The van der Waals surface area contributed by atoms with Gasteiger partial charge in [0.2, 0.25) is 0 Å². The summed E-state index contributed by atoms with van der Waals surface area (Å²) in [7, 11) is 0. The number of rotatable bonds is 5. The summed E-state index contributed by atoms with van der Waals surface area (Å²) in [5, 5.41) is 4.42. The maximum Gasteiger partial charge on any atom is 0.0537 e. The second-order valence-electron chi connectivity index (χ2n) is 4.82. The average Bonchev–Trinajstić information content (AvgIpc) is 2.57. The lowest BCUT2D eigenvalue weighted by atomic mass is 10.1. The van der Waals surface area contributed by atoms with Gasteiger partial charge in [-0.15, -0.1) is 0 Å². The summed E-state index contributed by atoms with van der Waals surface area (Å²) in [5.41, 5.74) is 8.20. The van der Waals surface area contributed by atoms with Crippen LogP contribution in [0.1, 0.15) is 51.3 Å². The molecule has 0 aliphatic rings. The number of nitrogens with two attached hydrogens (primary N) is 1. The number of hydrogen-bond acceptors (Lipinski definition) is 2. The molecule has 0 fully saturated rings. The van der Waals surface area contributed by atoms with E-state index >= 15 is 0 Å². The molecule has 0 bridgehead atoms. The van der Waals surface area contributed by atoms with Gasteiger partial charge in [0.05, 0.1) is 6.20 Å². The average molecular weight is 209 g/mol. The van der Waals surface area contributed by atoms with Gasteiger partial charge in [-0.3, -0.25) is 4.68 Å². The summed E-state index contributed by atoms with van der Waals surface area (Å²) in [4.78, 5) is 0. The van der Waals surface area contributed by atoms with Crippen molar-refractivity contribution in [2.24, 2.45) is 11.7 Å². The van der Waals surface area contributed by atoms with Gasteiger partial charge < -0.3 is 5.73 Å². The predicted molar refractivity (Wildman–Crippen MR) is 63.7 cm³/mol. The Morgan fingerprint density at radius 3 is 2.47 bits per heavy atom. The molecule has 0 amide bonds. The van der Waals surface area contributed by atoms with E-state index in [0.29, 0.717) is 12.5 Å². The quantitative estimate of drug-likeness (QED) is 0.809. The Kier molecular flexibility index (Phi) is 4.33. The zero-order valence-corrected chi connectivity index (χ0v) is 10.3. The van der Waals surface area contributed by atoms with Crippen molar-refractivity contribution >= 4 is 0 Å². The van der Waals surface area contributed by atoms with Crippen molar-refractivity contribution in [3.05, 3.63) is 17.5 Å². The highest BCUT2D eigenvalue weighted by Crippen LogP contribution is 2.19. The first-order valence-corrected chi connectivity index (χ1v) is 5.80. The van der Waals surface area contributed by atoms with Crippen molar-refractivity contribution in [1.82, 2.24) is 9.78 Å². The van der Waals surface area contributed by atoms with Crippen molar-refractivity contribution < 1.29 is 0 Å². The van der Waals surface area contributed by atoms with Gasteiger partial charge in [-0.1, -0.05) is 27.7 Å². The van der Waals surface area contributed by atoms with E-state index in [1.165, 1.54) is 17.7 Å². The van der Waals surface area contributed by atoms with Crippen LogP contribution in [0.15, 0.2) is 6.20 Å². The van der Waals surface area contributed by atoms with Gasteiger partial charge in [0, 0.05) is 24.3 Å². The molecular weight excluding hydrogens is 186 g/mol. The SMILES string of the molecule is CC(C)CCn1ncc(CN)c1C(C)C. The molecule has 0 aliphatic carbocycles. The molecule has 0 aliphatic heterocycles. The van der Waals surface area contributed by atoms with Crippen molar-refractivity contribution in [2.75, 3.05) is 0 Å². The predicted octanol–water partition coefficient (Wildman–Crippen LogP) is 2.51. The topological polar surface area (TPSA) is 43.8 Å². The zero-order chi connectivity index (χ0) is 11.4. The summed E-state index contributed by atoms with van der Waals surface area (Å²) < 4.78 is 2.12. The first-order valence-electron chi connectivity index (χ1n) is 5.80. The van der Waals surface area contributed by atoms with E-state index in [2.05, 4.69) is 37.5 Å². The minimum Gasteiger partial charge on any atom is -0.326 e. The van der Waals surface area contributed by atoms with Crippen molar-refractivity contribution in [2.45, 2.75) is 53.1 Å². The van der Waals surface area contributed by atoms with Gasteiger partial charge in [-0.25, -0.2) is 0 Å². The van der Waals surface area contributed by atoms with E-state index in [1.807, 2.05) is 6.20 Å². The summed E-state index contributed by atoms with van der Waals surface area (Å²) in [6.07, 6.45) is 3.08. The molecule has 2 N–H and O–H groups in total. The van der Waals surface area contributed by atoms with Gasteiger partial charge in [0.1, 0.15) is 0 Å². The summed E-state index contributed by atoms with van der Waals surface area (Å²) in [5.74, 6) is 1.22. The van der Waals surface area contributed by atoms with Gasteiger partial charge in [-0.2, -0.15) is 5.10 Å². The fourth-order valence-electron chi connectivity index (χ4n) is 1.82. The molecule has 86 valence electrons. The number of nitrogens with zero attached hydrogens (tertiary/aromatic N) is 2. The van der Waals surface area contributed by atoms with Gasteiger partial charge >= 0.3 is 0 Å². The van der Waals surface area contributed by atoms with Crippen LogP contribution in [-0.4, -0.2) is 9.78 Å². The Labute approximate surface area is 92.7 Å². The maximum absolute atomic E-state index is 5.70. The van der Waals surface area contributed by atoms with Crippen LogP contribution in [0.3, 0.4) is 0 Å². The Bertz CT molecular complexity index is 300. The van der Waals surface area contributed by atoms with Crippen LogP contribution in [0, 0.1) is 5.92 Å². The van der Waals surface area contributed by atoms with Gasteiger partial charge in [0.15, 0.2) is 0 Å². The van der Waals surface area contributed by atoms with Crippen LogP contribution < -0.4 is 5.73 Å². The highest BCUT2D eigenvalue weighted by atomic mass is 15.3. The van der Waals surface area contributed by atoms with E-state index in [4.69, 9.17) is 5.73 Å². The minimum absolute atomic E-state index is 0.498. The van der Waals surface area contributed by atoms with Crippen LogP contribution >= 0.6 is 0 Å². The molecular formula is C12H23N3. The Morgan fingerprint density at radius 1 is 1.33 bits per heavy atom. The lowest BCUT2D eigenvalue weighted by molar-refractivity contribution is 0.469. The number of aryl methyl sites for hydroxylation is 1. The van der Waals surface area contributed by atoms with E-state index < -0.39 is 0 Å². The van der Waals surface area contributed by atoms with Crippen LogP contribution in [0.5, 0.6) is 0 Å². The molecule has 3 nitrogen and oxygen atoms in total. The summed E-state index contributed by atoms with van der Waals surface area (Å²) in [6.45, 7) is 10.5. The second-order valence-corrected chi connectivity index (χ2v) is 4.82. The van der Waals surface area contributed by atoms with Crippen molar-refractivity contribution in [3.63, 3.8) is 0 Å². The van der Waals surface area contributed by atoms with E-state index in [0.717, 1.165) is 12.5 Å². The van der Waals surface area contributed by atoms with E-state index in [1.54, 1.807) is 0 Å². The number of aromatic nitrogens is 2. The molecule has 0 aromatic carbocycles. The van der Waals surface area contributed by atoms with Gasteiger partial charge in [0.25, 0.3) is 0 Å². The third-order valence-electron chi connectivity index (χ3n) is 2.65. The molecule has 1 heterocycles. The molecule has 15 heavy (non-hydrogen) atoms. The Hall–Kier alpha value is -0.830. The lowest BCUT2D eigenvalue weighted by Crippen LogP contribution is -2.10. The molecule has 3 heteroatoms. The second kappa shape index (κ2) is 5.31. The highest BCUT2D eigenvalue weighted by Gasteiger charge is 2.12. The van der Waals surface area contributed by atoms with Crippen LogP contribution in [0.2, 0.25) is 0 Å². The molecule has 1 rings (SSSR count). The maximum atomic E-state index is 5.70. The van der Waals surface area contributed by atoms with Crippen molar-refractivity contribution in [3.8, 4) is 0 Å². The van der Waals surface area contributed by atoms with Gasteiger partial charge in [-0.05, 0) is 18.3 Å². The molecule has 0 unspecified atom stereocenters.